The molecule has 4 nitrogen and oxygen atoms in total. The Kier molecular flexibility index (Phi) is 3.44. The standard InChI is InChI=1S/C12H12ClN3O/c1-16(12-7-11(13)14-8-15-12)9-5-3-4-6-10(9)17-2/h3-8H,1-2H3. The minimum atomic E-state index is 0.414. The highest BCUT2D eigenvalue weighted by molar-refractivity contribution is 6.29. The first-order valence-electron chi connectivity index (χ1n) is 5.06. The van der Waals surface area contributed by atoms with Gasteiger partial charge in [0.2, 0.25) is 0 Å². The molecule has 1 aromatic heterocycles. The molecule has 17 heavy (non-hydrogen) atoms. The summed E-state index contributed by atoms with van der Waals surface area (Å²) < 4.78 is 5.30. The van der Waals surface area contributed by atoms with E-state index in [1.165, 1.54) is 6.33 Å². The average Bonchev–Trinajstić information content (AvgIpc) is 2.38. The van der Waals surface area contributed by atoms with Crippen LogP contribution in [-0.4, -0.2) is 24.1 Å². The maximum Gasteiger partial charge on any atom is 0.142 e. The largest absolute Gasteiger partial charge is 0.495 e. The van der Waals surface area contributed by atoms with Crippen LogP contribution in [0.5, 0.6) is 5.75 Å². The maximum atomic E-state index is 5.84. The van der Waals surface area contributed by atoms with Crippen LogP contribution in [-0.2, 0) is 0 Å². The lowest BCUT2D eigenvalue weighted by Gasteiger charge is -2.20. The Balaban J connectivity index is 2.40. The lowest BCUT2D eigenvalue weighted by Crippen LogP contribution is -2.12. The van der Waals surface area contributed by atoms with Crippen molar-refractivity contribution in [1.82, 2.24) is 9.97 Å². The fourth-order valence-electron chi connectivity index (χ4n) is 1.54. The molecule has 0 saturated heterocycles. The predicted molar refractivity (Wildman–Crippen MR) is 68.1 cm³/mol. The molecule has 1 heterocycles. The van der Waals surface area contributed by atoms with Crippen molar-refractivity contribution in [3.05, 3.63) is 41.8 Å². The third-order valence-electron chi connectivity index (χ3n) is 2.41. The number of ether oxygens (including phenoxy) is 1. The Morgan fingerprint density at radius 2 is 2.00 bits per heavy atom. The summed E-state index contributed by atoms with van der Waals surface area (Å²) in [6.45, 7) is 0. The van der Waals surface area contributed by atoms with Crippen molar-refractivity contribution in [2.24, 2.45) is 0 Å². The van der Waals surface area contributed by atoms with Crippen molar-refractivity contribution in [3.63, 3.8) is 0 Å². The second kappa shape index (κ2) is 5.01. The van der Waals surface area contributed by atoms with Crippen LogP contribution in [0.25, 0.3) is 0 Å². The van der Waals surface area contributed by atoms with Gasteiger partial charge in [-0.25, -0.2) is 9.97 Å². The molecule has 0 radical (unpaired) electrons. The number of hydrogen-bond acceptors (Lipinski definition) is 4. The van der Waals surface area contributed by atoms with Gasteiger partial charge >= 0.3 is 0 Å². The second-order valence-corrected chi connectivity index (χ2v) is 3.82. The van der Waals surface area contributed by atoms with Crippen LogP contribution in [0.2, 0.25) is 5.15 Å². The Bertz CT molecular complexity index is 519. The fourth-order valence-corrected chi connectivity index (χ4v) is 1.68. The molecule has 0 fully saturated rings. The van der Waals surface area contributed by atoms with Crippen LogP contribution in [0.4, 0.5) is 11.5 Å². The van der Waals surface area contributed by atoms with Gasteiger partial charge in [-0.3, -0.25) is 0 Å². The van der Waals surface area contributed by atoms with Crippen LogP contribution in [0.15, 0.2) is 36.7 Å². The molecule has 0 amide bonds. The first-order valence-corrected chi connectivity index (χ1v) is 5.44. The van der Waals surface area contributed by atoms with E-state index in [0.29, 0.717) is 5.15 Å². The molecule has 0 atom stereocenters. The minimum Gasteiger partial charge on any atom is -0.495 e. The number of halogens is 1. The molecule has 1 aromatic carbocycles. The number of aromatic nitrogens is 2. The highest BCUT2D eigenvalue weighted by Gasteiger charge is 2.10. The van der Waals surface area contributed by atoms with Gasteiger partial charge < -0.3 is 9.64 Å². The number of nitrogens with zero attached hydrogens (tertiary/aromatic N) is 3. The van der Waals surface area contributed by atoms with Gasteiger partial charge in [-0.05, 0) is 12.1 Å². The fraction of sp³-hybridized carbons (Fsp3) is 0.167. The van der Waals surface area contributed by atoms with E-state index in [1.54, 1.807) is 13.2 Å². The first-order chi connectivity index (χ1) is 8.22. The summed E-state index contributed by atoms with van der Waals surface area (Å²) in [5.74, 6) is 1.50. The monoisotopic (exact) mass is 249 g/mol. The molecule has 0 aliphatic rings. The van der Waals surface area contributed by atoms with Gasteiger partial charge in [-0.1, -0.05) is 23.7 Å². The van der Waals surface area contributed by atoms with E-state index in [1.807, 2.05) is 36.2 Å². The van der Waals surface area contributed by atoms with E-state index < -0.39 is 0 Å². The lowest BCUT2D eigenvalue weighted by atomic mass is 10.2. The molecule has 0 saturated carbocycles. The zero-order valence-corrected chi connectivity index (χ0v) is 10.3. The number of para-hydroxylation sites is 2. The van der Waals surface area contributed by atoms with Crippen molar-refractivity contribution in [2.45, 2.75) is 0 Å². The van der Waals surface area contributed by atoms with Crippen molar-refractivity contribution < 1.29 is 4.74 Å². The molecule has 0 spiro atoms. The van der Waals surface area contributed by atoms with Crippen molar-refractivity contribution in [3.8, 4) is 5.75 Å². The van der Waals surface area contributed by atoms with Gasteiger partial charge in [0, 0.05) is 13.1 Å². The Morgan fingerprint density at radius 1 is 1.24 bits per heavy atom. The summed E-state index contributed by atoms with van der Waals surface area (Å²) in [4.78, 5) is 9.92. The number of methoxy groups -OCH3 is 1. The molecular weight excluding hydrogens is 238 g/mol. The van der Waals surface area contributed by atoms with Crippen molar-refractivity contribution in [1.29, 1.82) is 0 Å². The Morgan fingerprint density at radius 3 is 2.71 bits per heavy atom. The quantitative estimate of drug-likeness (QED) is 0.784. The molecule has 0 aliphatic heterocycles. The molecule has 88 valence electrons. The zero-order chi connectivity index (χ0) is 12.3. The summed E-state index contributed by atoms with van der Waals surface area (Å²) in [6.07, 6.45) is 1.43. The summed E-state index contributed by atoms with van der Waals surface area (Å²) in [5, 5.41) is 0.414. The summed E-state index contributed by atoms with van der Waals surface area (Å²) in [7, 11) is 3.54. The highest BCUT2D eigenvalue weighted by Crippen LogP contribution is 2.31. The molecule has 2 aromatic rings. The number of benzene rings is 1. The smallest absolute Gasteiger partial charge is 0.142 e. The Hall–Kier alpha value is -1.81. The molecule has 0 aliphatic carbocycles. The maximum absolute atomic E-state index is 5.84. The number of rotatable bonds is 3. The van der Waals surface area contributed by atoms with Crippen molar-refractivity contribution in [2.75, 3.05) is 19.1 Å². The zero-order valence-electron chi connectivity index (χ0n) is 9.59. The third kappa shape index (κ3) is 2.47. The minimum absolute atomic E-state index is 0.414. The van der Waals surface area contributed by atoms with Crippen LogP contribution in [0, 0.1) is 0 Å². The first kappa shape index (κ1) is 11.7. The molecule has 0 N–H and O–H groups in total. The van der Waals surface area contributed by atoms with E-state index in [4.69, 9.17) is 16.3 Å². The van der Waals surface area contributed by atoms with Crippen LogP contribution < -0.4 is 9.64 Å². The Labute approximate surface area is 105 Å². The summed E-state index contributed by atoms with van der Waals surface area (Å²) >= 11 is 5.84. The van der Waals surface area contributed by atoms with E-state index in [2.05, 4.69) is 9.97 Å². The van der Waals surface area contributed by atoms with Gasteiger partial charge in [-0.2, -0.15) is 0 Å². The SMILES string of the molecule is COc1ccccc1N(C)c1cc(Cl)ncn1. The number of hydrogen-bond donors (Lipinski definition) is 0. The van der Waals surface area contributed by atoms with Crippen LogP contribution in [0.1, 0.15) is 0 Å². The van der Waals surface area contributed by atoms with Gasteiger partial charge in [0.25, 0.3) is 0 Å². The van der Waals surface area contributed by atoms with Gasteiger partial charge in [0.05, 0.1) is 12.8 Å². The van der Waals surface area contributed by atoms with E-state index in [0.717, 1.165) is 17.3 Å². The second-order valence-electron chi connectivity index (χ2n) is 3.43. The van der Waals surface area contributed by atoms with Gasteiger partial charge in [0.1, 0.15) is 23.0 Å². The summed E-state index contributed by atoms with van der Waals surface area (Å²) in [5.41, 5.74) is 0.921. The van der Waals surface area contributed by atoms with Crippen LogP contribution >= 0.6 is 11.6 Å². The molecular formula is C12H12ClN3O. The molecule has 0 bridgehead atoms. The van der Waals surface area contributed by atoms with E-state index in [-0.39, 0.29) is 0 Å². The predicted octanol–water partition coefficient (Wildman–Crippen LogP) is 2.91. The van der Waals surface area contributed by atoms with Gasteiger partial charge in [0.15, 0.2) is 0 Å². The third-order valence-corrected chi connectivity index (χ3v) is 2.62. The normalized spacial score (nSPS) is 10.1. The van der Waals surface area contributed by atoms with E-state index in [9.17, 15) is 0 Å². The van der Waals surface area contributed by atoms with Gasteiger partial charge in [-0.15, -0.1) is 0 Å². The van der Waals surface area contributed by atoms with Crippen LogP contribution in [0.3, 0.4) is 0 Å². The molecule has 2 rings (SSSR count). The lowest BCUT2D eigenvalue weighted by molar-refractivity contribution is 0.415. The topological polar surface area (TPSA) is 38.2 Å². The molecule has 5 heteroatoms. The average molecular weight is 250 g/mol. The summed E-state index contributed by atoms with van der Waals surface area (Å²) in [6, 6.07) is 9.41. The van der Waals surface area contributed by atoms with Crippen molar-refractivity contribution >= 4 is 23.1 Å². The molecule has 0 unspecified atom stereocenters. The number of anilines is 2. The highest BCUT2D eigenvalue weighted by atomic mass is 35.5. The van der Waals surface area contributed by atoms with E-state index >= 15 is 0 Å².